The standard InChI is InChI=1S/C15H22N2S2/c1-3-5-6-7-9-12-10-8-11-13-14(12)17-15(18-13)19-16-4-2/h8,10-11,16H,3-7,9H2,1-2H3. The summed E-state index contributed by atoms with van der Waals surface area (Å²) >= 11 is 3.43. The molecule has 0 aliphatic rings. The number of para-hydroxylation sites is 1. The van der Waals surface area contributed by atoms with Crippen molar-refractivity contribution in [1.82, 2.24) is 9.71 Å². The highest BCUT2D eigenvalue weighted by molar-refractivity contribution is 7.99. The molecule has 0 bridgehead atoms. The second kappa shape index (κ2) is 7.88. The van der Waals surface area contributed by atoms with Crippen molar-refractivity contribution in [2.75, 3.05) is 6.54 Å². The van der Waals surface area contributed by atoms with Gasteiger partial charge < -0.3 is 0 Å². The predicted molar refractivity (Wildman–Crippen MR) is 87.0 cm³/mol. The van der Waals surface area contributed by atoms with E-state index in [4.69, 9.17) is 4.98 Å². The number of hydrogen-bond acceptors (Lipinski definition) is 4. The zero-order chi connectivity index (χ0) is 13.5. The first kappa shape index (κ1) is 14.8. The van der Waals surface area contributed by atoms with Gasteiger partial charge in [-0.1, -0.05) is 45.2 Å². The minimum absolute atomic E-state index is 0.963. The van der Waals surface area contributed by atoms with Gasteiger partial charge in [-0.25, -0.2) is 4.98 Å². The van der Waals surface area contributed by atoms with Crippen LogP contribution in [0.2, 0.25) is 0 Å². The summed E-state index contributed by atoms with van der Waals surface area (Å²) in [6.45, 7) is 5.33. The highest BCUT2D eigenvalue weighted by atomic mass is 32.2. The van der Waals surface area contributed by atoms with E-state index in [-0.39, 0.29) is 0 Å². The van der Waals surface area contributed by atoms with E-state index in [2.05, 4.69) is 36.8 Å². The molecule has 2 rings (SSSR count). The van der Waals surface area contributed by atoms with Crippen molar-refractivity contribution in [3.05, 3.63) is 23.8 Å². The summed E-state index contributed by atoms with van der Waals surface area (Å²) in [6, 6.07) is 6.58. The Morgan fingerprint density at radius 1 is 1.21 bits per heavy atom. The molecule has 2 nitrogen and oxygen atoms in total. The van der Waals surface area contributed by atoms with Crippen LogP contribution in [0, 0.1) is 0 Å². The number of unbranched alkanes of at least 4 members (excludes halogenated alkanes) is 3. The van der Waals surface area contributed by atoms with E-state index in [0.29, 0.717) is 0 Å². The summed E-state index contributed by atoms with van der Waals surface area (Å²) in [5, 5.41) is 0. The van der Waals surface area contributed by atoms with Crippen LogP contribution in [-0.4, -0.2) is 11.5 Å². The first-order chi connectivity index (χ1) is 9.35. The van der Waals surface area contributed by atoms with E-state index in [0.717, 1.165) is 17.3 Å². The van der Waals surface area contributed by atoms with E-state index in [1.807, 2.05) is 0 Å². The summed E-state index contributed by atoms with van der Waals surface area (Å²) in [4.78, 5) is 4.77. The molecule has 0 saturated carbocycles. The number of thiazole rings is 1. The molecule has 0 unspecified atom stereocenters. The second-order valence-electron chi connectivity index (χ2n) is 4.65. The van der Waals surface area contributed by atoms with Crippen molar-refractivity contribution < 1.29 is 0 Å². The lowest BCUT2D eigenvalue weighted by atomic mass is 10.1. The fourth-order valence-corrected chi connectivity index (χ4v) is 3.87. The summed E-state index contributed by atoms with van der Waals surface area (Å²) in [7, 11) is 0. The van der Waals surface area contributed by atoms with Crippen LogP contribution < -0.4 is 4.72 Å². The topological polar surface area (TPSA) is 24.9 Å². The van der Waals surface area contributed by atoms with Gasteiger partial charge in [0.2, 0.25) is 0 Å². The molecule has 2 aromatic rings. The van der Waals surface area contributed by atoms with Gasteiger partial charge in [0, 0.05) is 6.54 Å². The minimum Gasteiger partial charge on any atom is -0.258 e. The Morgan fingerprint density at radius 3 is 2.89 bits per heavy atom. The predicted octanol–water partition coefficient (Wildman–Crippen LogP) is 5.04. The maximum Gasteiger partial charge on any atom is 0.166 e. The zero-order valence-electron chi connectivity index (χ0n) is 11.7. The molecule has 4 heteroatoms. The fourth-order valence-electron chi connectivity index (χ4n) is 2.11. The lowest BCUT2D eigenvalue weighted by Crippen LogP contribution is -1.99. The summed E-state index contributed by atoms with van der Waals surface area (Å²) < 4.78 is 5.71. The maximum absolute atomic E-state index is 4.77. The molecule has 0 spiro atoms. The number of benzene rings is 1. The molecule has 1 aromatic carbocycles. The molecule has 104 valence electrons. The summed E-state index contributed by atoms with van der Waals surface area (Å²) in [6.07, 6.45) is 6.40. The third kappa shape index (κ3) is 4.20. The first-order valence-corrected chi connectivity index (χ1v) is 8.76. The Kier molecular flexibility index (Phi) is 6.14. The third-order valence-electron chi connectivity index (χ3n) is 3.09. The van der Waals surface area contributed by atoms with Crippen LogP contribution in [0.5, 0.6) is 0 Å². The molecular formula is C15H22N2S2. The molecule has 1 heterocycles. The molecule has 19 heavy (non-hydrogen) atoms. The van der Waals surface area contributed by atoms with Gasteiger partial charge in [0.15, 0.2) is 4.34 Å². The number of aryl methyl sites for hydroxylation is 1. The van der Waals surface area contributed by atoms with E-state index >= 15 is 0 Å². The number of fused-ring (bicyclic) bond motifs is 1. The highest BCUT2D eigenvalue weighted by Crippen LogP contribution is 2.30. The number of rotatable bonds is 8. The van der Waals surface area contributed by atoms with Crippen molar-refractivity contribution in [3.8, 4) is 0 Å². The average Bonchev–Trinajstić information content (AvgIpc) is 2.85. The van der Waals surface area contributed by atoms with E-state index < -0.39 is 0 Å². The number of aromatic nitrogens is 1. The fraction of sp³-hybridized carbons (Fsp3) is 0.533. The van der Waals surface area contributed by atoms with Gasteiger partial charge in [-0.3, -0.25) is 4.72 Å². The Bertz CT molecular complexity index is 508. The molecule has 0 aliphatic carbocycles. The Hall–Kier alpha value is -0.580. The van der Waals surface area contributed by atoms with Gasteiger partial charge in [0.05, 0.1) is 10.2 Å². The lowest BCUT2D eigenvalue weighted by Gasteiger charge is -2.01. The second-order valence-corrected chi connectivity index (χ2v) is 6.82. The monoisotopic (exact) mass is 294 g/mol. The van der Waals surface area contributed by atoms with Gasteiger partial charge in [0.25, 0.3) is 0 Å². The lowest BCUT2D eigenvalue weighted by molar-refractivity contribution is 0.668. The number of nitrogens with zero attached hydrogens (tertiary/aromatic N) is 1. The summed E-state index contributed by atoms with van der Waals surface area (Å²) in [5.74, 6) is 0. The average molecular weight is 294 g/mol. The SMILES string of the molecule is CCCCCCc1cccc2sc(SNCC)nc12. The molecule has 1 N–H and O–H groups in total. The highest BCUT2D eigenvalue weighted by Gasteiger charge is 2.08. The van der Waals surface area contributed by atoms with Crippen molar-refractivity contribution in [2.45, 2.75) is 50.3 Å². The molecular weight excluding hydrogens is 272 g/mol. The Labute approximate surface area is 124 Å². The quantitative estimate of drug-likeness (QED) is 0.545. The molecule has 0 fully saturated rings. The van der Waals surface area contributed by atoms with Gasteiger partial charge in [-0.05, 0) is 36.4 Å². The zero-order valence-corrected chi connectivity index (χ0v) is 13.4. The largest absolute Gasteiger partial charge is 0.258 e. The van der Waals surface area contributed by atoms with Crippen LogP contribution in [0.3, 0.4) is 0 Å². The van der Waals surface area contributed by atoms with Crippen LogP contribution >= 0.6 is 23.3 Å². The molecule has 0 atom stereocenters. The van der Waals surface area contributed by atoms with Crippen LogP contribution in [0.15, 0.2) is 22.5 Å². The summed E-state index contributed by atoms with van der Waals surface area (Å²) in [5.41, 5.74) is 2.62. The van der Waals surface area contributed by atoms with Crippen molar-refractivity contribution in [1.29, 1.82) is 0 Å². The van der Waals surface area contributed by atoms with Crippen LogP contribution in [0.1, 0.15) is 45.1 Å². The van der Waals surface area contributed by atoms with E-state index in [9.17, 15) is 0 Å². The van der Waals surface area contributed by atoms with Gasteiger partial charge in [0.1, 0.15) is 0 Å². The number of nitrogens with one attached hydrogen (secondary N) is 1. The Balaban J connectivity index is 2.07. The van der Waals surface area contributed by atoms with Gasteiger partial charge in [-0.2, -0.15) is 0 Å². The van der Waals surface area contributed by atoms with E-state index in [1.54, 1.807) is 23.3 Å². The first-order valence-electron chi connectivity index (χ1n) is 7.13. The molecule has 0 aliphatic heterocycles. The van der Waals surface area contributed by atoms with E-state index in [1.165, 1.54) is 41.5 Å². The van der Waals surface area contributed by atoms with Gasteiger partial charge >= 0.3 is 0 Å². The third-order valence-corrected chi connectivity index (χ3v) is 5.10. The molecule has 1 aromatic heterocycles. The van der Waals surface area contributed by atoms with Gasteiger partial charge in [-0.15, -0.1) is 11.3 Å². The van der Waals surface area contributed by atoms with Crippen molar-refractivity contribution >= 4 is 33.5 Å². The van der Waals surface area contributed by atoms with Crippen LogP contribution in [-0.2, 0) is 6.42 Å². The molecule has 0 amide bonds. The van der Waals surface area contributed by atoms with Crippen molar-refractivity contribution in [2.24, 2.45) is 0 Å². The number of hydrogen-bond donors (Lipinski definition) is 1. The van der Waals surface area contributed by atoms with Crippen LogP contribution in [0.4, 0.5) is 0 Å². The Morgan fingerprint density at radius 2 is 2.11 bits per heavy atom. The molecule has 0 radical (unpaired) electrons. The van der Waals surface area contributed by atoms with Crippen LogP contribution in [0.25, 0.3) is 10.2 Å². The van der Waals surface area contributed by atoms with Crippen molar-refractivity contribution in [3.63, 3.8) is 0 Å². The minimum atomic E-state index is 0.963. The smallest absolute Gasteiger partial charge is 0.166 e. The molecule has 0 saturated heterocycles. The maximum atomic E-state index is 4.77. The normalized spacial score (nSPS) is 11.3.